The number of rotatable bonds is 7. The van der Waals surface area contributed by atoms with Crippen LogP contribution in [0.4, 0.5) is 5.69 Å². The van der Waals surface area contributed by atoms with Crippen LogP contribution in [0.15, 0.2) is 48.5 Å². The van der Waals surface area contributed by atoms with Crippen LogP contribution in [0, 0.1) is 10.1 Å². The Morgan fingerprint density at radius 2 is 1.70 bits per heavy atom. The Hall–Kier alpha value is -2.40. The molecule has 2 rings (SSSR count). The number of nitrogens with zero attached hydrogens (tertiary/aromatic N) is 2. The molecule has 0 aliphatic carbocycles. The summed E-state index contributed by atoms with van der Waals surface area (Å²) in [5.41, 5.74) is 2.20. The van der Waals surface area contributed by atoms with Crippen LogP contribution in [0.1, 0.15) is 25.0 Å². The molecule has 0 atom stereocenters. The van der Waals surface area contributed by atoms with E-state index in [1.165, 1.54) is 6.07 Å². The molecule has 5 nitrogen and oxygen atoms in total. The largest absolute Gasteiger partial charge is 0.491 e. The van der Waals surface area contributed by atoms with Crippen molar-refractivity contribution in [3.8, 4) is 5.75 Å². The molecule has 122 valence electrons. The predicted octanol–water partition coefficient (Wildman–Crippen LogP) is 4.01. The quantitative estimate of drug-likeness (QED) is 0.572. The van der Waals surface area contributed by atoms with Gasteiger partial charge in [0.2, 0.25) is 0 Å². The Balaban J connectivity index is 2.00. The van der Waals surface area contributed by atoms with Gasteiger partial charge in [0.1, 0.15) is 5.75 Å². The Bertz CT molecular complexity index is 671. The van der Waals surface area contributed by atoms with Gasteiger partial charge in [0.15, 0.2) is 0 Å². The summed E-state index contributed by atoms with van der Waals surface area (Å²) in [7, 11) is 1.99. The van der Waals surface area contributed by atoms with Gasteiger partial charge < -0.3 is 4.74 Å². The van der Waals surface area contributed by atoms with Crippen molar-refractivity contribution in [2.45, 2.75) is 33.0 Å². The molecule has 0 unspecified atom stereocenters. The van der Waals surface area contributed by atoms with E-state index in [1.54, 1.807) is 12.1 Å². The zero-order chi connectivity index (χ0) is 16.8. The van der Waals surface area contributed by atoms with Crippen LogP contribution in [0.5, 0.6) is 5.75 Å². The molecule has 0 radical (unpaired) electrons. The Labute approximate surface area is 136 Å². The van der Waals surface area contributed by atoms with E-state index in [0.717, 1.165) is 23.4 Å². The van der Waals surface area contributed by atoms with Crippen LogP contribution >= 0.6 is 0 Å². The maximum Gasteiger partial charge on any atom is 0.269 e. The van der Waals surface area contributed by atoms with Crippen molar-refractivity contribution in [3.63, 3.8) is 0 Å². The van der Waals surface area contributed by atoms with Gasteiger partial charge in [-0.05, 0) is 44.2 Å². The summed E-state index contributed by atoms with van der Waals surface area (Å²) >= 11 is 0. The molecular formula is C18H22N2O3. The maximum atomic E-state index is 10.8. The highest BCUT2D eigenvalue weighted by molar-refractivity contribution is 5.34. The molecule has 0 fully saturated rings. The highest BCUT2D eigenvalue weighted by Gasteiger charge is 2.08. The van der Waals surface area contributed by atoms with Crippen LogP contribution in [0.3, 0.4) is 0 Å². The van der Waals surface area contributed by atoms with Crippen molar-refractivity contribution in [3.05, 3.63) is 69.8 Å². The molecule has 0 heterocycles. The molecule has 0 bridgehead atoms. The Kier molecular flexibility index (Phi) is 5.71. The lowest BCUT2D eigenvalue weighted by atomic mass is 10.1. The van der Waals surface area contributed by atoms with Crippen molar-refractivity contribution in [1.82, 2.24) is 4.90 Å². The van der Waals surface area contributed by atoms with Gasteiger partial charge in [-0.2, -0.15) is 0 Å². The van der Waals surface area contributed by atoms with Gasteiger partial charge in [-0.1, -0.05) is 24.3 Å². The van der Waals surface area contributed by atoms with Gasteiger partial charge in [-0.3, -0.25) is 15.0 Å². The SMILES string of the molecule is CC(C)Oc1cccc(CN(C)Cc2cccc([N+](=O)[O-])c2)c1. The molecule has 0 N–H and O–H groups in total. The molecule has 0 aromatic heterocycles. The van der Waals surface area contributed by atoms with Crippen molar-refractivity contribution in [1.29, 1.82) is 0 Å². The van der Waals surface area contributed by atoms with E-state index in [2.05, 4.69) is 11.0 Å². The van der Waals surface area contributed by atoms with Crippen LogP contribution in [0.2, 0.25) is 0 Å². The molecule has 0 amide bonds. The molecule has 2 aromatic carbocycles. The summed E-state index contributed by atoms with van der Waals surface area (Å²) in [5, 5.41) is 10.8. The van der Waals surface area contributed by atoms with Gasteiger partial charge >= 0.3 is 0 Å². The van der Waals surface area contributed by atoms with E-state index in [0.29, 0.717) is 6.54 Å². The minimum Gasteiger partial charge on any atom is -0.491 e. The standard InChI is InChI=1S/C18H22N2O3/c1-14(2)23-18-9-5-7-16(11-18)13-19(3)12-15-6-4-8-17(10-15)20(21)22/h4-11,14H,12-13H2,1-3H3. The first-order chi connectivity index (χ1) is 10.9. The van der Waals surface area contributed by atoms with Crippen molar-refractivity contribution < 1.29 is 9.66 Å². The summed E-state index contributed by atoms with van der Waals surface area (Å²) in [6.07, 6.45) is 0.146. The summed E-state index contributed by atoms with van der Waals surface area (Å²) in [6.45, 7) is 5.40. The molecule has 0 spiro atoms. The average Bonchev–Trinajstić information content (AvgIpc) is 2.47. The highest BCUT2D eigenvalue weighted by atomic mass is 16.6. The molecule has 2 aromatic rings. The van der Waals surface area contributed by atoms with Crippen molar-refractivity contribution in [2.75, 3.05) is 7.05 Å². The zero-order valence-electron chi connectivity index (χ0n) is 13.7. The first-order valence-electron chi connectivity index (χ1n) is 7.61. The molecule has 5 heteroatoms. The second-order valence-electron chi connectivity index (χ2n) is 5.91. The molecule has 0 saturated carbocycles. The summed E-state index contributed by atoms with van der Waals surface area (Å²) in [4.78, 5) is 12.6. The fourth-order valence-corrected chi connectivity index (χ4v) is 2.44. The second-order valence-corrected chi connectivity index (χ2v) is 5.91. The number of ether oxygens (including phenoxy) is 1. The molecule has 0 aliphatic heterocycles. The van der Waals surface area contributed by atoms with E-state index >= 15 is 0 Å². The van der Waals surface area contributed by atoms with Crippen molar-refractivity contribution >= 4 is 5.69 Å². The van der Waals surface area contributed by atoms with Crippen molar-refractivity contribution in [2.24, 2.45) is 0 Å². The first kappa shape index (κ1) is 17.0. The molecular weight excluding hydrogens is 292 g/mol. The lowest BCUT2D eigenvalue weighted by molar-refractivity contribution is -0.384. The van der Waals surface area contributed by atoms with Crippen LogP contribution in [-0.4, -0.2) is 23.0 Å². The third-order valence-corrected chi connectivity index (χ3v) is 3.30. The van der Waals surface area contributed by atoms with Crippen LogP contribution < -0.4 is 4.74 Å². The Morgan fingerprint density at radius 3 is 2.30 bits per heavy atom. The summed E-state index contributed by atoms with van der Waals surface area (Å²) in [5.74, 6) is 0.862. The van der Waals surface area contributed by atoms with E-state index < -0.39 is 0 Å². The topological polar surface area (TPSA) is 55.6 Å². The molecule has 0 aliphatic rings. The Morgan fingerprint density at radius 1 is 1.09 bits per heavy atom. The lowest BCUT2D eigenvalue weighted by Gasteiger charge is -2.18. The third-order valence-electron chi connectivity index (χ3n) is 3.30. The van der Waals surface area contributed by atoms with Gasteiger partial charge in [0, 0.05) is 25.2 Å². The monoisotopic (exact) mass is 314 g/mol. The smallest absolute Gasteiger partial charge is 0.269 e. The average molecular weight is 314 g/mol. The minimum atomic E-state index is -0.365. The number of hydrogen-bond acceptors (Lipinski definition) is 4. The maximum absolute atomic E-state index is 10.8. The van der Waals surface area contributed by atoms with E-state index in [-0.39, 0.29) is 16.7 Å². The number of nitro groups is 1. The summed E-state index contributed by atoms with van der Waals surface area (Å²) in [6, 6.07) is 14.8. The fraction of sp³-hybridized carbons (Fsp3) is 0.333. The van der Waals surface area contributed by atoms with Crippen LogP contribution in [0.25, 0.3) is 0 Å². The fourth-order valence-electron chi connectivity index (χ4n) is 2.44. The number of hydrogen-bond donors (Lipinski definition) is 0. The third kappa shape index (κ3) is 5.38. The van der Waals surface area contributed by atoms with E-state index in [4.69, 9.17) is 4.74 Å². The first-order valence-corrected chi connectivity index (χ1v) is 7.61. The molecule has 0 saturated heterocycles. The van der Waals surface area contributed by atoms with Gasteiger partial charge in [0.25, 0.3) is 5.69 Å². The minimum absolute atomic E-state index is 0.128. The van der Waals surface area contributed by atoms with Gasteiger partial charge in [-0.25, -0.2) is 0 Å². The number of benzene rings is 2. The number of non-ortho nitro benzene ring substituents is 1. The van der Waals surface area contributed by atoms with Gasteiger partial charge in [-0.15, -0.1) is 0 Å². The van der Waals surface area contributed by atoms with E-state index in [9.17, 15) is 10.1 Å². The highest BCUT2D eigenvalue weighted by Crippen LogP contribution is 2.18. The van der Waals surface area contributed by atoms with Crippen LogP contribution in [-0.2, 0) is 13.1 Å². The lowest BCUT2D eigenvalue weighted by Crippen LogP contribution is -2.17. The predicted molar refractivity (Wildman–Crippen MR) is 90.5 cm³/mol. The summed E-state index contributed by atoms with van der Waals surface area (Å²) < 4.78 is 5.70. The number of nitro benzene ring substituents is 1. The molecule has 23 heavy (non-hydrogen) atoms. The van der Waals surface area contributed by atoms with Gasteiger partial charge in [0.05, 0.1) is 11.0 Å². The van der Waals surface area contributed by atoms with E-state index in [1.807, 2.05) is 45.2 Å². The zero-order valence-corrected chi connectivity index (χ0v) is 13.7. The second kappa shape index (κ2) is 7.74. The normalized spacial score (nSPS) is 11.0.